The van der Waals surface area contributed by atoms with E-state index in [-0.39, 0.29) is 11.4 Å². The summed E-state index contributed by atoms with van der Waals surface area (Å²) in [6, 6.07) is 16.1. The van der Waals surface area contributed by atoms with Crippen molar-refractivity contribution in [3.05, 3.63) is 64.9 Å². The van der Waals surface area contributed by atoms with E-state index in [2.05, 4.69) is 24.5 Å². The van der Waals surface area contributed by atoms with Gasteiger partial charge in [-0.25, -0.2) is 4.98 Å². The fourth-order valence-corrected chi connectivity index (χ4v) is 3.59. The summed E-state index contributed by atoms with van der Waals surface area (Å²) in [6.07, 6.45) is 1.97. The van der Waals surface area contributed by atoms with Gasteiger partial charge >= 0.3 is 5.97 Å². The minimum Gasteiger partial charge on any atom is -0.466 e. The number of ether oxygens (including phenoxy) is 1. The predicted molar refractivity (Wildman–Crippen MR) is 114 cm³/mol. The number of imidazole rings is 1. The smallest absolute Gasteiger partial charge is 0.306 e. The van der Waals surface area contributed by atoms with Crippen LogP contribution in [0, 0.1) is 5.41 Å². The van der Waals surface area contributed by atoms with Crippen molar-refractivity contribution < 1.29 is 9.53 Å². The van der Waals surface area contributed by atoms with E-state index in [1.165, 1.54) is 0 Å². The molecule has 0 amide bonds. The number of benzene rings is 2. The molecule has 4 nitrogen and oxygen atoms in total. The fourth-order valence-electron chi connectivity index (χ4n) is 3.46. The Labute approximate surface area is 171 Å². The lowest BCUT2D eigenvalue weighted by molar-refractivity contribution is -0.145. The average Bonchev–Trinajstić information content (AvgIpc) is 3.00. The number of nitrogens with zero attached hydrogens (tertiary/aromatic N) is 2. The second-order valence-corrected chi connectivity index (χ2v) is 7.99. The van der Waals surface area contributed by atoms with Crippen LogP contribution in [0.1, 0.15) is 45.0 Å². The monoisotopic (exact) mass is 398 g/mol. The molecule has 0 aliphatic carbocycles. The summed E-state index contributed by atoms with van der Waals surface area (Å²) in [7, 11) is 0. The van der Waals surface area contributed by atoms with Gasteiger partial charge in [0.2, 0.25) is 0 Å². The maximum Gasteiger partial charge on any atom is 0.306 e. The second kappa shape index (κ2) is 8.78. The first-order valence-corrected chi connectivity index (χ1v) is 10.2. The fraction of sp³-hybridized carbons (Fsp3) is 0.391. The van der Waals surface area contributed by atoms with Crippen LogP contribution in [0.4, 0.5) is 0 Å². The summed E-state index contributed by atoms with van der Waals surface area (Å²) in [6.45, 7) is 7.22. The average molecular weight is 399 g/mol. The van der Waals surface area contributed by atoms with Crippen LogP contribution in [-0.2, 0) is 22.5 Å². The molecule has 148 valence electrons. The van der Waals surface area contributed by atoms with Crippen molar-refractivity contribution in [2.24, 2.45) is 5.41 Å². The van der Waals surface area contributed by atoms with Gasteiger partial charge in [-0.2, -0.15) is 0 Å². The van der Waals surface area contributed by atoms with E-state index in [0.29, 0.717) is 26.0 Å². The molecule has 3 rings (SSSR count). The highest BCUT2D eigenvalue weighted by molar-refractivity contribution is 6.30. The maximum atomic E-state index is 12.1. The molecular weight excluding hydrogens is 372 g/mol. The number of carbonyl (C=O) groups excluding carboxylic acids is 1. The molecule has 0 saturated heterocycles. The van der Waals surface area contributed by atoms with Crippen molar-refractivity contribution in [2.75, 3.05) is 6.61 Å². The van der Waals surface area contributed by atoms with Crippen LogP contribution < -0.4 is 0 Å². The molecular formula is C23H27ClN2O2. The molecule has 1 atom stereocenters. The zero-order valence-electron chi connectivity index (χ0n) is 16.7. The SMILES string of the molecule is CCOC(=O)CC(C)(CC)Cc1nc2ccccc2n1Cc1ccc(Cl)cc1. The van der Waals surface area contributed by atoms with E-state index in [4.69, 9.17) is 21.3 Å². The molecule has 2 aromatic carbocycles. The zero-order valence-corrected chi connectivity index (χ0v) is 17.5. The highest BCUT2D eigenvalue weighted by Gasteiger charge is 2.29. The molecule has 0 aliphatic rings. The third kappa shape index (κ3) is 4.74. The first-order valence-electron chi connectivity index (χ1n) is 9.78. The first kappa shape index (κ1) is 20.4. The van der Waals surface area contributed by atoms with E-state index in [1.807, 2.05) is 49.4 Å². The number of carbonyl (C=O) groups is 1. The van der Waals surface area contributed by atoms with Crippen LogP contribution in [0.3, 0.4) is 0 Å². The molecule has 5 heteroatoms. The summed E-state index contributed by atoms with van der Waals surface area (Å²) >= 11 is 6.04. The van der Waals surface area contributed by atoms with E-state index in [9.17, 15) is 4.79 Å². The molecule has 0 fully saturated rings. The van der Waals surface area contributed by atoms with Crippen molar-refractivity contribution in [3.63, 3.8) is 0 Å². The molecule has 0 saturated carbocycles. The van der Waals surface area contributed by atoms with Gasteiger partial charge in [-0.05, 0) is 48.6 Å². The van der Waals surface area contributed by atoms with Crippen LogP contribution in [0.15, 0.2) is 48.5 Å². The predicted octanol–water partition coefficient (Wildman–Crippen LogP) is 5.65. The summed E-state index contributed by atoms with van der Waals surface area (Å²) in [5.41, 5.74) is 3.03. The molecule has 28 heavy (non-hydrogen) atoms. The molecule has 1 heterocycles. The van der Waals surface area contributed by atoms with Crippen LogP contribution in [0.5, 0.6) is 0 Å². The Bertz CT molecular complexity index is 949. The van der Waals surface area contributed by atoms with E-state index in [0.717, 1.165) is 33.9 Å². The van der Waals surface area contributed by atoms with Crippen LogP contribution in [-0.4, -0.2) is 22.1 Å². The standard InChI is InChI=1S/C23H27ClN2O2/c1-4-23(3,15-22(27)28-5-2)14-21-25-19-8-6-7-9-20(19)26(21)16-17-10-12-18(24)13-11-17/h6-13H,4-5,14-16H2,1-3H3. The van der Waals surface area contributed by atoms with E-state index >= 15 is 0 Å². The number of fused-ring (bicyclic) bond motifs is 1. The Kier molecular flexibility index (Phi) is 6.40. The number of rotatable bonds is 8. The molecule has 0 bridgehead atoms. The summed E-state index contributed by atoms with van der Waals surface area (Å²) in [5, 5.41) is 0.729. The summed E-state index contributed by atoms with van der Waals surface area (Å²) in [5.74, 6) is 0.844. The second-order valence-electron chi connectivity index (χ2n) is 7.55. The number of para-hydroxylation sites is 2. The summed E-state index contributed by atoms with van der Waals surface area (Å²) < 4.78 is 7.44. The number of halogens is 1. The quantitative estimate of drug-likeness (QED) is 0.460. The Morgan fingerprint density at radius 3 is 2.54 bits per heavy atom. The Hall–Kier alpha value is -2.33. The first-order chi connectivity index (χ1) is 13.4. The molecule has 1 unspecified atom stereocenters. The minimum atomic E-state index is -0.203. The third-order valence-electron chi connectivity index (χ3n) is 5.30. The van der Waals surface area contributed by atoms with Crippen LogP contribution >= 0.6 is 11.6 Å². The number of esters is 1. The molecule has 1 aromatic heterocycles. The van der Waals surface area contributed by atoms with Crippen molar-refractivity contribution in [1.29, 1.82) is 0 Å². The normalized spacial score (nSPS) is 13.4. The molecule has 3 aromatic rings. The Morgan fingerprint density at radius 2 is 1.86 bits per heavy atom. The summed E-state index contributed by atoms with van der Waals surface area (Å²) in [4.78, 5) is 17.0. The Morgan fingerprint density at radius 1 is 1.14 bits per heavy atom. The van der Waals surface area contributed by atoms with Gasteiger partial charge in [-0.1, -0.05) is 49.7 Å². The molecule has 0 N–H and O–H groups in total. The van der Waals surface area contributed by atoms with Crippen molar-refractivity contribution in [2.45, 2.75) is 46.6 Å². The van der Waals surface area contributed by atoms with Crippen molar-refractivity contribution >= 4 is 28.6 Å². The largest absolute Gasteiger partial charge is 0.466 e. The van der Waals surface area contributed by atoms with E-state index < -0.39 is 0 Å². The van der Waals surface area contributed by atoms with Crippen LogP contribution in [0.25, 0.3) is 11.0 Å². The molecule has 0 aliphatic heterocycles. The minimum absolute atomic E-state index is 0.146. The van der Waals surface area contributed by atoms with Crippen molar-refractivity contribution in [3.8, 4) is 0 Å². The lowest BCUT2D eigenvalue weighted by atomic mass is 9.80. The molecule has 0 spiro atoms. The van der Waals surface area contributed by atoms with Gasteiger partial charge < -0.3 is 9.30 Å². The number of aromatic nitrogens is 2. The lowest BCUT2D eigenvalue weighted by Gasteiger charge is -2.27. The number of hydrogen-bond acceptors (Lipinski definition) is 3. The van der Waals surface area contributed by atoms with Crippen molar-refractivity contribution in [1.82, 2.24) is 9.55 Å². The van der Waals surface area contributed by atoms with Gasteiger partial charge in [0.15, 0.2) is 0 Å². The lowest BCUT2D eigenvalue weighted by Crippen LogP contribution is -2.26. The van der Waals surface area contributed by atoms with Gasteiger partial charge in [0.1, 0.15) is 5.82 Å². The topological polar surface area (TPSA) is 44.1 Å². The van der Waals surface area contributed by atoms with Gasteiger partial charge in [-0.3, -0.25) is 4.79 Å². The van der Waals surface area contributed by atoms with Gasteiger partial charge in [0, 0.05) is 18.0 Å². The highest BCUT2D eigenvalue weighted by Crippen LogP contribution is 2.32. The van der Waals surface area contributed by atoms with Gasteiger partial charge in [-0.15, -0.1) is 0 Å². The van der Waals surface area contributed by atoms with E-state index in [1.54, 1.807) is 0 Å². The Balaban J connectivity index is 1.95. The maximum absolute atomic E-state index is 12.1. The number of hydrogen-bond donors (Lipinski definition) is 0. The highest BCUT2D eigenvalue weighted by atomic mass is 35.5. The van der Waals surface area contributed by atoms with Gasteiger partial charge in [0.05, 0.1) is 24.1 Å². The van der Waals surface area contributed by atoms with Gasteiger partial charge in [0.25, 0.3) is 0 Å². The van der Waals surface area contributed by atoms with Crippen LogP contribution in [0.2, 0.25) is 5.02 Å². The third-order valence-corrected chi connectivity index (χ3v) is 5.55. The zero-order chi connectivity index (χ0) is 20.1. The molecule has 0 radical (unpaired) electrons.